The van der Waals surface area contributed by atoms with Crippen molar-refractivity contribution in [2.24, 2.45) is 5.92 Å². The van der Waals surface area contributed by atoms with E-state index in [9.17, 15) is 9.59 Å². The number of carbonyl (C=O) groups excluding carboxylic acids is 2. The minimum Gasteiger partial charge on any atom is -0.361 e. The second-order valence-electron chi connectivity index (χ2n) is 7.13. The van der Waals surface area contributed by atoms with Crippen LogP contribution in [0.3, 0.4) is 0 Å². The Bertz CT molecular complexity index is 710. The average molecular weight is 424 g/mol. The molecule has 1 saturated carbocycles. The molecule has 2 aromatic rings. The Hall–Kier alpha value is -2.29. The number of hydrogen-bond donors (Lipinski definition) is 4. The smallest absolute Gasteiger partial charge is 0.233 e. The van der Waals surface area contributed by atoms with Gasteiger partial charge in [-0.2, -0.15) is 17.7 Å². The monoisotopic (exact) mass is 423 g/mol. The number of rotatable bonds is 5. The molecule has 3 N–H and O–H groups in total. The van der Waals surface area contributed by atoms with Gasteiger partial charge in [-0.05, 0) is 39.9 Å². The van der Waals surface area contributed by atoms with Gasteiger partial charge in [0.1, 0.15) is 11.6 Å². The molecule has 1 aliphatic rings. The Balaban J connectivity index is 0.000000273. The Labute approximate surface area is 178 Å². The van der Waals surface area contributed by atoms with Crippen LogP contribution in [0.5, 0.6) is 0 Å². The molecule has 8 nitrogen and oxygen atoms in total. The summed E-state index contributed by atoms with van der Waals surface area (Å²) >= 11 is 3.53. The lowest BCUT2D eigenvalue weighted by atomic mass is 9.88. The van der Waals surface area contributed by atoms with E-state index in [1.54, 1.807) is 31.5 Å². The normalized spacial score (nSPS) is 13.6. The molecule has 0 saturated heterocycles. The van der Waals surface area contributed by atoms with Crippen molar-refractivity contribution in [3.8, 4) is 0 Å². The summed E-state index contributed by atoms with van der Waals surface area (Å²) in [5.74, 6) is 1.52. The topological polar surface area (TPSA) is 113 Å². The second kappa shape index (κ2) is 13.8. The van der Waals surface area contributed by atoms with Gasteiger partial charge in [-0.15, -0.1) is 0 Å². The number of aryl methyl sites for hydroxylation is 1. The third kappa shape index (κ3) is 10.2. The fourth-order valence-electron chi connectivity index (χ4n) is 2.94. The molecule has 1 aliphatic carbocycles. The largest absolute Gasteiger partial charge is 0.361 e. The van der Waals surface area contributed by atoms with Gasteiger partial charge in [-0.1, -0.05) is 24.4 Å². The predicted molar refractivity (Wildman–Crippen MR) is 117 cm³/mol. The maximum atomic E-state index is 11.5. The molecule has 0 spiro atoms. The van der Waals surface area contributed by atoms with Crippen LogP contribution in [0.4, 0.5) is 5.82 Å². The van der Waals surface area contributed by atoms with Crippen molar-refractivity contribution in [3.05, 3.63) is 29.8 Å². The molecule has 0 atom stereocenters. The highest BCUT2D eigenvalue weighted by atomic mass is 32.1. The molecule has 2 amide bonds. The maximum absolute atomic E-state index is 11.5. The van der Waals surface area contributed by atoms with E-state index in [1.807, 2.05) is 13.8 Å². The van der Waals surface area contributed by atoms with Crippen molar-refractivity contribution in [1.82, 2.24) is 20.7 Å². The molecule has 0 radical (unpaired) electrons. The lowest BCUT2D eigenvalue weighted by molar-refractivity contribution is -0.126. The molecule has 9 heteroatoms. The molecule has 0 aliphatic heterocycles. The number of aromatic amines is 1. The van der Waals surface area contributed by atoms with Crippen molar-refractivity contribution < 1.29 is 14.1 Å². The molecule has 3 rings (SSSR count). The number of hydrogen-bond acceptors (Lipinski definition) is 6. The van der Waals surface area contributed by atoms with Gasteiger partial charge in [-0.3, -0.25) is 14.7 Å². The van der Waals surface area contributed by atoms with Crippen LogP contribution in [0, 0.1) is 12.8 Å². The Kier molecular flexibility index (Phi) is 11.8. The lowest BCUT2D eigenvalue weighted by Gasteiger charge is -2.21. The molecule has 0 bridgehead atoms. The number of nitrogens with zero attached hydrogens (tertiary/aromatic N) is 2. The van der Waals surface area contributed by atoms with Crippen molar-refractivity contribution in [2.75, 3.05) is 11.6 Å². The first kappa shape index (κ1) is 24.7. The highest BCUT2D eigenvalue weighted by Crippen LogP contribution is 2.23. The highest BCUT2D eigenvalue weighted by Gasteiger charge is 2.20. The van der Waals surface area contributed by atoms with Gasteiger partial charge in [0.25, 0.3) is 0 Å². The zero-order valence-electron chi connectivity index (χ0n) is 17.7. The van der Waals surface area contributed by atoms with Crippen molar-refractivity contribution in [3.63, 3.8) is 0 Å². The predicted octanol–water partition coefficient (Wildman–Crippen LogP) is 3.52. The van der Waals surface area contributed by atoms with E-state index in [4.69, 9.17) is 4.52 Å². The SMILES string of the molecule is CC(C)NC(=O)C1CCCCC1.CS.Cc1cc(CC(=O)Nc2ccn[nH]2)on1. The van der Waals surface area contributed by atoms with Gasteiger partial charge >= 0.3 is 0 Å². The second-order valence-corrected chi connectivity index (χ2v) is 7.13. The Morgan fingerprint density at radius 2 is 1.97 bits per heavy atom. The molecule has 162 valence electrons. The molecule has 2 heterocycles. The first-order valence-electron chi connectivity index (χ1n) is 9.90. The number of thiol groups is 1. The minimum absolute atomic E-state index is 0.167. The van der Waals surface area contributed by atoms with Crippen LogP contribution in [-0.2, 0) is 16.0 Å². The molecule has 2 aromatic heterocycles. The van der Waals surface area contributed by atoms with Gasteiger partial charge in [0.05, 0.1) is 18.3 Å². The zero-order chi connectivity index (χ0) is 21.6. The van der Waals surface area contributed by atoms with Crippen LogP contribution in [0.15, 0.2) is 22.9 Å². The minimum atomic E-state index is -0.171. The summed E-state index contributed by atoms with van der Waals surface area (Å²) in [6.45, 7) is 5.83. The number of amides is 2. The van der Waals surface area contributed by atoms with Crippen molar-refractivity contribution in [2.45, 2.75) is 65.3 Å². The summed E-state index contributed by atoms with van der Waals surface area (Å²) in [4.78, 5) is 22.9. The summed E-state index contributed by atoms with van der Waals surface area (Å²) in [6, 6.07) is 3.69. The highest BCUT2D eigenvalue weighted by molar-refractivity contribution is 7.79. The van der Waals surface area contributed by atoms with E-state index < -0.39 is 0 Å². The standard InChI is InChI=1S/C10H19NO.C9H10N4O2.CH4S/c1-8(2)11-10(12)9-6-4-3-5-7-9;1-6-4-7(15-13-6)5-9(14)11-8-2-3-10-12-8;1-2/h8-9H,3-7H2,1-2H3,(H,11,12);2-4H,5H2,1H3,(H2,10,11,12,14);2H,1H3. The Morgan fingerprint density at radius 1 is 1.28 bits per heavy atom. The van der Waals surface area contributed by atoms with Gasteiger partial charge in [0.15, 0.2) is 0 Å². The zero-order valence-corrected chi connectivity index (χ0v) is 18.6. The number of aromatic nitrogens is 3. The van der Waals surface area contributed by atoms with E-state index >= 15 is 0 Å². The summed E-state index contributed by atoms with van der Waals surface area (Å²) in [5, 5.41) is 15.6. The lowest BCUT2D eigenvalue weighted by Crippen LogP contribution is -2.36. The van der Waals surface area contributed by atoms with Crippen LogP contribution in [-0.4, -0.2) is 39.5 Å². The van der Waals surface area contributed by atoms with Gasteiger partial charge in [0, 0.05) is 24.1 Å². The van der Waals surface area contributed by atoms with Crippen molar-refractivity contribution >= 4 is 30.3 Å². The molecule has 1 fully saturated rings. The van der Waals surface area contributed by atoms with Crippen LogP contribution in [0.25, 0.3) is 0 Å². The van der Waals surface area contributed by atoms with E-state index in [0.717, 1.165) is 18.5 Å². The van der Waals surface area contributed by atoms with Gasteiger partial charge < -0.3 is 15.2 Å². The summed E-state index contributed by atoms with van der Waals surface area (Å²) in [7, 11) is 0. The summed E-state index contributed by atoms with van der Waals surface area (Å²) in [5.41, 5.74) is 0.763. The van der Waals surface area contributed by atoms with E-state index in [2.05, 4.69) is 38.6 Å². The quantitative estimate of drug-likeness (QED) is 0.550. The van der Waals surface area contributed by atoms with E-state index in [1.165, 1.54) is 19.3 Å². The molecular weight excluding hydrogens is 390 g/mol. The average Bonchev–Trinajstić information content (AvgIpc) is 3.36. The molecular formula is C20H33N5O3S. The first-order chi connectivity index (χ1) is 13.9. The fourth-order valence-corrected chi connectivity index (χ4v) is 2.94. The maximum Gasteiger partial charge on any atom is 0.233 e. The van der Waals surface area contributed by atoms with E-state index in [0.29, 0.717) is 23.5 Å². The van der Waals surface area contributed by atoms with Gasteiger partial charge in [-0.25, -0.2) is 0 Å². The number of H-pyrrole nitrogens is 1. The van der Waals surface area contributed by atoms with Crippen LogP contribution >= 0.6 is 12.6 Å². The van der Waals surface area contributed by atoms with Crippen LogP contribution in [0.2, 0.25) is 0 Å². The van der Waals surface area contributed by atoms with Crippen LogP contribution in [0.1, 0.15) is 57.4 Å². The van der Waals surface area contributed by atoms with Crippen LogP contribution < -0.4 is 10.6 Å². The Morgan fingerprint density at radius 3 is 2.48 bits per heavy atom. The number of carbonyl (C=O) groups is 2. The first-order valence-corrected chi connectivity index (χ1v) is 10.8. The summed E-state index contributed by atoms with van der Waals surface area (Å²) in [6.07, 6.45) is 9.39. The fraction of sp³-hybridized carbons (Fsp3) is 0.600. The third-order valence-corrected chi connectivity index (χ3v) is 4.19. The third-order valence-electron chi connectivity index (χ3n) is 4.19. The number of anilines is 1. The molecule has 0 aromatic carbocycles. The number of nitrogens with one attached hydrogen (secondary N) is 3. The van der Waals surface area contributed by atoms with Gasteiger partial charge in [0.2, 0.25) is 11.8 Å². The van der Waals surface area contributed by atoms with Crippen molar-refractivity contribution in [1.29, 1.82) is 0 Å². The summed E-state index contributed by atoms with van der Waals surface area (Å²) < 4.78 is 4.92. The molecule has 0 unspecified atom stereocenters. The van der Waals surface area contributed by atoms with E-state index in [-0.39, 0.29) is 18.2 Å². The molecule has 29 heavy (non-hydrogen) atoms.